The molecule has 0 unspecified atom stereocenters. The molecule has 1 fully saturated rings. The number of carbonyl (C=O) groups excluding carboxylic acids is 2. The first kappa shape index (κ1) is 17.1. The number of nitrogens with zero attached hydrogens (tertiary/aromatic N) is 4. The summed E-state index contributed by atoms with van der Waals surface area (Å²) in [5, 5.41) is 6.94. The predicted octanol–water partition coefficient (Wildman–Crippen LogP) is 1.59. The van der Waals surface area contributed by atoms with Crippen molar-refractivity contribution in [2.24, 2.45) is 0 Å². The lowest BCUT2D eigenvalue weighted by molar-refractivity contribution is -0.133. The first-order valence-corrected chi connectivity index (χ1v) is 8.51. The number of rotatable bonds is 5. The van der Waals surface area contributed by atoms with E-state index in [0.29, 0.717) is 6.54 Å². The number of aromatic nitrogens is 3. The third-order valence-corrected chi connectivity index (χ3v) is 4.36. The molecule has 2 aromatic rings. The van der Waals surface area contributed by atoms with Crippen LogP contribution in [0.1, 0.15) is 42.6 Å². The van der Waals surface area contributed by atoms with E-state index in [2.05, 4.69) is 15.4 Å². The average molecular weight is 341 g/mol. The standard InChI is InChI=1S/C18H23N5O2/c1-13-8-21-22(11-13)12-18(25)23-7-3-4-17(23)16-6-5-15(10-20-16)9-19-14(2)24/h5-6,8,10-11,17H,3-4,7,9,12H2,1-2H3,(H,19,24)/t17-/m1/s1. The van der Waals surface area contributed by atoms with Gasteiger partial charge in [-0.05, 0) is 37.0 Å². The van der Waals surface area contributed by atoms with Crippen LogP contribution in [0.4, 0.5) is 0 Å². The van der Waals surface area contributed by atoms with Gasteiger partial charge in [0.15, 0.2) is 0 Å². The molecule has 3 heterocycles. The Morgan fingerprint density at radius 1 is 1.32 bits per heavy atom. The van der Waals surface area contributed by atoms with Gasteiger partial charge in [0.05, 0.1) is 17.9 Å². The molecule has 0 spiro atoms. The molecule has 0 saturated carbocycles. The van der Waals surface area contributed by atoms with Crippen LogP contribution in [0.3, 0.4) is 0 Å². The summed E-state index contributed by atoms with van der Waals surface area (Å²) in [5.74, 6) is 0.000206. The van der Waals surface area contributed by atoms with Crippen molar-refractivity contribution in [1.82, 2.24) is 25.0 Å². The minimum Gasteiger partial charge on any atom is -0.352 e. The van der Waals surface area contributed by atoms with Crippen molar-refractivity contribution in [1.29, 1.82) is 0 Å². The summed E-state index contributed by atoms with van der Waals surface area (Å²) in [6.07, 6.45) is 7.29. The van der Waals surface area contributed by atoms with Crippen LogP contribution in [-0.2, 0) is 22.7 Å². The smallest absolute Gasteiger partial charge is 0.244 e. The van der Waals surface area contributed by atoms with Crippen molar-refractivity contribution in [3.8, 4) is 0 Å². The Morgan fingerprint density at radius 2 is 2.16 bits per heavy atom. The lowest BCUT2D eigenvalue weighted by Crippen LogP contribution is -2.34. The summed E-state index contributed by atoms with van der Waals surface area (Å²) < 4.78 is 1.68. The molecule has 0 aromatic carbocycles. The van der Waals surface area contributed by atoms with E-state index >= 15 is 0 Å². The summed E-state index contributed by atoms with van der Waals surface area (Å²) in [6.45, 7) is 4.92. The van der Waals surface area contributed by atoms with Gasteiger partial charge in [0.25, 0.3) is 0 Å². The number of hydrogen-bond donors (Lipinski definition) is 1. The fourth-order valence-electron chi connectivity index (χ4n) is 3.12. The van der Waals surface area contributed by atoms with Crippen LogP contribution in [0.2, 0.25) is 0 Å². The van der Waals surface area contributed by atoms with Crippen molar-refractivity contribution >= 4 is 11.8 Å². The SMILES string of the molecule is CC(=O)NCc1ccc([C@H]2CCCN2C(=O)Cn2cc(C)cn2)nc1. The zero-order valence-electron chi connectivity index (χ0n) is 14.6. The van der Waals surface area contributed by atoms with Crippen molar-refractivity contribution < 1.29 is 9.59 Å². The van der Waals surface area contributed by atoms with Crippen molar-refractivity contribution in [2.45, 2.75) is 45.8 Å². The monoisotopic (exact) mass is 341 g/mol. The molecule has 1 N–H and O–H groups in total. The van der Waals surface area contributed by atoms with Gasteiger partial charge >= 0.3 is 0 Å². The highest BCUT2D eigenvalue weighted by Crippen LogP contribution is 2.31. The highest BCUT2D eigenvalue weighted by Gasteiger charge is 2.30. The zero-order valence-corrected chi connectivity index (χ0v) is 14.6. The van der Waals surface area contributed by atoms with Crippen LogP contribution in [-0.4, -0.2) is 38.0 Å². The molecule has 7 nitrogen and oxygen atoms in total. The second-order valence-corrected chi connectivity index (χ2v) is 6.46. The third kappa shape index (κ3) is 4.23. The van der Waals surface area contributed by atoms with Crippen LogP contribution in [0, 0.1) is 6.92 Å². The van der Waals surface area contributed by atoms with Gasteiger partial charge in [0, 0.05) is 32.4 Å². The lowest BCUT2D eigenvalue weighted by Gasteiger charge is -2.24. The fraction of sp³-hybridized carbons (Fsp3) is 0.444. The van der Waals surface area contributed by atoms with E-state index < -0.39 is 0 Å². The molecule has 2 amide bonds. The van der Waals surface area contributed by atoms with Gasteiger partial charge in [-0.3, -0.25) is 19.3 Å². The molecule has 0 radical (unpaired) electrons. The highest BCUT2D eigenvalue weighted by atomic mass is 16.2. The van der Waals surface area contributed by atoms with Gasteiger partial charge < -0.3 is 10.2 Å². The highest BCUT2D eigenvalue weighted by molar-refractivity contribution is 5.76. The van der Waals surface area contributed by atoms with Gasteiger partial charge in [0.1, 0.15) is 6.54 Å². The summed E-state index contributed by atoms with van der Waals surface area (Å²) >= 11 is 0. The normalized spacial score (nSPS) is 16.9. The second kappa shape index (κ2) is 7.46. The molecule has 1 atom stereocenters. The van der Waals surface area contributed by atoms with Gasteiger partial charge in [-0.2, -0.15) is 5.10 Å². The topological polar surface area (TPSA) is 80.1 Å². The predicted molar refractivity (Wildman–Crippen MR) is 92.4 cm³/mol. The van der Waals surface area contributed by atoms with Crippen LogP contribution in [0.15, 0.2) is 30.7 Å². The number of aryl methyl sites for hydroxylation is 1. The summed E-state index contributed by atoms with van der Waals surface area (Å²) in [7, 11) is 0. The molecule has 1 aliphatic heterocycles. The molecule has 25 heavy (non-hydrogen) atoms. The molecule has 1 saturated heterocycles. The van der Waals surface area contributed by atoms with E-state index in [1.54, 1.807) is 17.1 Å². The number of nitrogens with one attached hydrogen (secondary N) is 1. The Kier molecular flexibility index (Phi) is 5.11. The van der Waals surface area contributed by atoms with Crippen LogP contribution in [0.5, 0.6) is 0 Å². The quantitative estimate of drug-likeness (QED) is 0.895. The molecule has 7 heteroatoms. The maximum absolute atomic E-state index is 12.6. The first-order valence-electron chi connectivity index (χ1n) is 8.51. The lowest BCUT2D eigenvalue weighted by atomic mass is 10.1. The largest absolute Gasteiger partial charge is 0.352 e. The average Bonchev–Trinajstić information content (AvgIpc) is 3.22. The van der Waals surface area contributed by atoms with Crippen LogP contribution >= 0.6 is 0 Å². The molecule has 1 aliphatic rings. The molecule has 2 aromatic heterocycles. The van der Waals surface area contributed by atoms with E-state index in [9.17, 15) is 9.59 Å². The second-order valence-electron chi connectivity index (χ2n) is 6.46. The van der Waals surface area contributed by atoms with Gasteiger partial charge in [-0.1, -0.05) is 6.07 Å². The Bertz CT molecular complexity index is 753. The number of amides is 2. The van der Waals surface area contributed by atoms with Gasteiger partial charge in [0.2, 0.25) is 11.8 Å². The number of pyridine rings is 1. The van der Waals surface area contributed by atoms with Crippen LogP contribution < -0.4 is 5.32 Å². The molecular formula is C18H23N5O2. The van der Waals surface area contributed by atoms with E-state index in [1.807, 2.05) is 30.2 Å². The minimum absolute atomic E-state index is 0.0129. The summed E-state index contributed by atoms with van der Waals surface area (Å²) in [6, 6.07) is 3.92. The Morgan fingerprint density at radius 3 is 2.80 bits per heavy atom. The Labute approximate surface area is 147 Å². The summed E-state index contributed by atoms with van der Waals surface area (Å²) in [5.41, 5.74) is 2.89. The molecular weight excluding hydrogens is 318 g/mol. The first-order chi connectivity index (χ1) is 12.0. The van der Waals surface area contributed by atoms with E-state index in [4.69, 9.17) is 0 Å². The maximum Gasteiger partial charge on any atom is 0.244 e. The molecule has 3 rings (SSSR count). The zero-order chi connectivity index (χ0) is 17.8. The Balaban J connectivity index is 1.66. The van der Waals surface area contributed by atoms with E-state index in [0.717, 1.165) is 36.2 Å². The van der Waals surface area contributed by atoms with Crippen LogP contribution in [0.25, 0.3) is 0 Å². The number of carbonyl (C=O) groups is 2. The summed E-state index contributed by atoms with van der Waals surface area (Å²) in [4.78, 5) is 30.0. The number of hydrogen-bond acceptors (Lipinski definition) is 4. The van der Waals surface area contributed by atoms with Gasteiger partial charge in [-0.25, -0.2) is 0 Å². The number of likely N-dealkylation sites (tertiary alicyclic amines) is 1. The Hall–Kier alpha value is -2.70. The minimum atomic E-state index is -0.0644. The molecule has 0 aliphatic carbocycles. The maximum atomic E-state index is 12.6. The van der Waals surface area contributed by atoms with Gasteiger partial charge in [-0.15, -0.1) is 0 Å². The van der Waals surface area contributed by atoms with E-state index in [1.165, 1.54) is 6.92 Å². The van der Waals surface area contributed by atoms with Crippen molar-refractivity contribution in [3.05, 3.63) is 47.5 Å². The molecule has 132 valence electrons. The molecule has 0 bridgehead atoms. The van der Waals surface area contributed by atoms with E-state index in [-0.39, 0.29) is 24.4 Å². The van der Waals surface area contributed by atoms with Crippen molar-refractivity contribution in [3.63, 3.8) is 0 Å². The fourth-order valence-corrected chi connectivity index (χ4v) is 3.12. The third-order valence-electron chi connectivity index (χ3n) is 4.36. The van der Waals surface area contributed by atoms with Crippen molar-refractivity contribution in [2.75, 3.05) is 6.54 Å².